The second-order valence-electron chi connectivity index (χ2n) is 5.77. The lowest BCUT2D eigenvalue weighted by Crippen LogP contribution is -2.08. The van der Waals surface area contributed by atoms with Crippen molar-refractivity contribution >= 4 is 22.0 Å². The van der Waals surface area contributed by atoms with Crippen molar-refractivity contribution in [3.8, 4) is 27.7 Å². The van der Waals surface area contributed by atoms with Crippen LogP contribution >= 0.6 is 11.3 Å². The van der Waals surface area contributed by atoms with Gasteiger partial charge in [-0.15, -0.1) is 10.2 Å². The van der Waals surface area contributed by atoms with E-state index in [2.05, 4.69) is 27.2 Å². The highest BCUT2D eigenvalue weighted by Crippen LogP contribution is 2.33. The standard InChI is InChI=1S/C18H17N5OS/c1-22(2)13-10-8-12(9-11-13)16-19-20-18-23(16)21-17(25-18)14-6-4-5-7-15(14)24-3/h4-11H,1-3H3. The van der Waals surface area contributed by atoms with E-state index in [9.17, 15) is 0 Å². The third kappa shape index (κ3) is 2.72. The first-order chi connectivity index (χ1) is 12.2. The zero-order valence-electron chi connectivity index (χ0n) is 14.2. The number of hydrogen-bond acceptors (Lipinski definition) is 6. The van der Waals surface area contributed by atoms with Gasteiger partial charge in [-0.3, -0.25) is 0 Å². The number of aromatic nitrogens is 4. The molecule has 2 aromatic heterocycles. The smallest absolute Gasteiger partial charge is 0.235 e. The highest BCUT2D eigenvalue weighted by molar-refractivity contribution is 7.19. The molecule has 126 valence electrons. The van der Waals surface area contributed by atoms with Gasteiger partial charge in [0.1, 0.15) is 5.75 Å². The number of fused-ring (bicyclic) bond motifs is 1. The summed E-state index contributed by atoms with van der Waals surface area (Å²) in [5.41, 5.74) is 3.07. The van der Waals surface area contributed by atoms with Gasteiger partial charge in [0.15, 0.2) is 10.8 Å². The van der Waals surface area contributed by atoms with Crippen molar-refractivity contribution in [1.29, 1.82) is 0 Å². The lowest BCUT2D eigenvalue weighted by Gasteiger charge is -2.12. The Bertz CT molecular complexity index is 1020. The van der Waals surface area contributed by atoms with Crippen molar-refractivity contribution in [2.75, 3.05) is 26.1 Å². The predicted molar refractivity (Wildman–Crippen MR) is 100 cm³/mol. The van der Waals surface area contributed by atoms with E-state index < -0.39 is 0 Å². The van der Waals surface area contributed by atoms with Crippen molar-refractivity contribution < 1.29 is 4.74 Å². The molecule has 0 aliphatic rings. The van der Waals surface area contributed by atoms with E-state index in [4.69, 9.17) is 9.84 Å². The molecule has 4 aromatic rings. The first-order valence-corrected chi connectivity index (χ1v) is 8.62. The van der Waals surface area contributed by atoms with Crippen LogP contribution in [0.4, 0.5) is 5.69 Å². The number of rotatable bonds is 4. The summed E-state index contributed by atoms with van der Waals surface area (Å²) in [5.74, 6) is 1.53. The maximum atomic E-state index is 5.44. The van der Waals surface area contributed by atoms with E-state index in [1.165, 1.54) is 11.3 Å². The lowest BCUT2D eigenvalue weighted by atomic mass is 10.2. The summed E-state index contributed by atoms with van der Waals surface area (Å²) in [6.45, 7) is 0. The summed E-state index contributed by atoms with van der Waals surface area (Å²) in [7, 11) is 5.70. The Morgan fingerprint density at radius 2 is 1.76 bits per heavy atom. The average molecular weight is 351 g/mol. The van der Waals surface area contributed by atoms with Crippen LogP contribution in [-0.2, 0) is 0 Å². The molecule has 0 aliphatic heterocycles. The minimum absolute atomic E-state index is 0.734. The summed E-state index contributed by atoms with van der Waals surface area (Å²) in [4.78, 5) is 2.82. The molecule has 4 rings (SSSR count). The molecule has 0 N–H and O–H groups in total. The molecule has 0 atom stereocenters. The lowest BCUT2D eigenvalue weighted by molar-refractivity contribution is 0.416. The molecule has 2 heterocycles. The first kappa shape index (κ1) is 15.6. The predicted octanol–water partition coefficient (Wildman–Crippen LogP) is 3.59. The highest BCUT2D eigenvalue weighted by atomic mass is 32.1. The van der Waals surface area contributed by atoms with Crippen molar-refractivity contribution in [3.05, 3.63) is 48.5 Å². The fourth-order valence-corrected chi connectivity index (χ4v) is 3.51. The second kappa shape index (κ2) is 6.18. The quantitative estimate of drug-likeness (QED) is 0.562. The number of methoxy groups -OCH3 is 1. The van der Waals surface area contributed by atoms with Crippen molar-refractivity contribution in [2.45, 2.75) is 0 Å². The van der Waals surface area contributed by atoms with Crippen LogP contribution < -0.4 is 9.64 Å². The molecule has 0 fully saturated rings. The minimum atomic E-state index is 0.734. The van der Waals surface area contributed by atoms with E-state index in [1.54, 1.807) is 11.6 Å². The molecule has 2 aromatic carbocycles. The van der Waals surface area contributed by atoms with Crippen LogP contribution in [0.15, 0.2) is 48.5 Å². The topological polar surface area (TPSA) is 55.6 Å². The van der Waals surface area contributed by atoms with E-state index >= 15 is 0 Å². The van der Waals surface area contributed by atoms with E-state index in [0.29, 0.717) is 0 Å². The normalized spacial score (nSPS) is 11.0. The minimum Gasteiger partial charge on any atom is -0.496 e. The van der Waals surface area contributed by atoms with Crippen LogP contribution in [0.1, 0.15) is 0 Å². The third-order valence-electron chi connectivity index (χ3n) is 3.97. The summed E-state index contributed by atoms with van der Waals surface area (Å²) >= 11 is 1.49. The summed E-state index contributed by atoms with van der Waals surface area (Å²) in [5, 5.41) is 14.1. The maximum Gasteiger partial charge on any atom is 0.235 e. The first-order valence-electron chi connectivity index (χ1n) is 7.81. The Kier molecular flexibility index (Phi) is 3.85. The van der Waals surface area contributed by atoms with E-state index in [1.807, 2.05) is 50.5 Å². The zero-order valence-corrected chi connectivity index (χ0v) is 15.0. The number of benzene rings is 2. The molecule has 6 nitrogen and oxygen atoms in total. The molecular weight excluding hydrogens is 334 g/mol. The van der Waals surface area contributed by atoms with Gasteiger partial charge in [-0.25, -0.2) is 0 Å². The molecule has 0 saturated carbocycles. The number of para-hydroxylation sites is 1. The molecule has 0 amide bonds. The van der Waals surface area contributed by atoms with E-state index in [0.717, 1.165) is 38.4 Å². The van der Waals surface area contributed by atoms with Gasteiger partial charge in [0.25, 0.3) is 0 Å². The van der Waals surface area contributed by atoms with Crippen LogP contribution in [0, 0.1) is 0 Å². The van der Waals surface area contributed by atoms with Gasteiger partial charge in [0.2, 0.25) is 4.96 Å². The summed E-state index contributed by atoms with van der Waals surface area (Å²) in [6, 6.07) is 16.0. The Balaban J connectivity index is 1.78. The molecule has 0 saturated heterocycles. The zero-order chi connectivity index (χ0) is 17.4. The van der Waals surface area contributed by atoms with Gasteiger partial charge < -0.3 is 9.64 Å². The monoisotopic (exact) mass is 351 g/mol. The van der Waals surface area contributed by atoms with Crippen molar-refractivity contribution in [1.82, 2.24) is 19.8 Å². The fourth-order valence-electron chi connectivity index (χ4n) is 2.64. The Labute approximate surface area is 149 Å². The molecule has 7 heteroatoms. The van der Waals surface area contributed by atoms with Crippen LogP contribution in [0.5, 0.6) is 5.75 Å². The molecule has 0 unspecified atom stereocenters. The fraction of sp³-hybridized carbons (Fsp3) is 0.167. The molecule has 0 aliphatic carbocycles. The number of anilines is 1. The van der Waals surface area contributed by atoms with Gasteiger partial charge in [0, 0.05) is 25.3 Å². The van der Waals surface area contributed by atoms with Gasteiger partial charge in [-0.1, -0.05) is 23.5 Å². The Morgan fingerprint density at radius 3 is 2.48 bits per heavy atom. The van der Waals surface area contributed by atoms with Crippen molar-refractivity contribution in [3.63, 3.8) is 0 Å². The van der Waals surface area contributed by atoms with Crippen LogP contribution in [-0.4, -0.2) is 41.0 Å². The Hall–Kier alpha value is -2.93. The van der Waals surface area contributed by atoms with Gasteiger partial charge >= 0.3 is 0 Å². The number of ether oxygens (including phenoxy) is 1. The maximum absolute atomic E-state index is 5.44. The van der Waals surface area contributed by atoms with E-state index in [-0.39, 0.29) is 0 Å². The molecule has 25 heavy (non-hydrogen) atoms. The number of nitrogens with zero attached hydrogens (tertiary/aromatic N) is 5. The Morgan fingerprint density at radius 1 is 1.00 bits per heavy atom. The third-order valence-corrected chi connectivity index (χ3v) is 4.90. The molecular formula is C18H17N5OS. The molecule has 0 spiro atoms. The number of hydrogen-bond donors (Lipinski definition) is 0. The van der Waals surface area contributed by atoms with Crippen LogP contribution in [0.3, 0.4) is 0 Å². The van der Waals surface area contributed by atoms with Crippen LogP contribution in [0.25, 0.3) is 26.9 Å². The SMILES string of the molecule is COc1ccccc1-c1nn2c(-c3ccc(N(C)C)cc3)nnc2s1. The largest absolute Gasteiger partial charge is 0.496 e. The van der Waals surface area contributed by atoms with Gasteiger partial charge in [0.05, 0.1) is 12.7 Å². The summed E-state index contributed by atoms with van der Waals surface area (Å²) in [6.07, 6.45) is 0. The second-order valence-corrected chi connectivity index (χ2v) is 6.72. The van der Waals surface area contributed by atoms with Gasteiger partial charge in [-0.2, -0.15) is 9.61 Å². The van der Waals surface area contributed by atoms with Gasteiger partial charge in [-0.05, 0) is 36.4 Å². The average Bonchev–Trinajstić information content (AvgIpc) is 3.22. The highest BCUT2D eigenvalue weighted by Gasteiger charge is 2.16. The van der Waals surface area contributed by atoms with Crippen LogP contribution in [0.2, 0.25) is 0 Å². The molecule has 0 radical (unpaired) electrons. The molecule has 0 bridgehead atoms. The summed E-state index contributed by atoms with van der Waals surface area (Å²) < 4.78 is 7.23. The van der Waals surface area contributed by atoms with Crippen molar-refractivity contribution in [2.24, 2.45) is 0 Å².